The summed E-state index contributed by atoms with van der Waals surface area (Å²) in [5.41, 5.74) is 0.879. The summed E-state index contributed by atoms with van der Waals surface area (Å²) < 4.78 is 0. The maximum absolute atomic E-state index is 10.7. The summed E-state index contributed by atoms with van der Waals surface area (Å²) in [6.45, 7) is 3.75. The minimum absolute atomic E-state index is 0.104. The molecule has 0 fully saturated rings. The van der Waals surface area contributed by atoms with Gasteiger partial charge in [-0.05, 0) is 25.1 Å². The highest BCUT2D eigenvalue weighted by Gasteiger charge is 2.04. The first kappa shape index (κ1) is 12.6. The number of hydrogen-bond acceptors (Lipinski definition) is 3. The molecule has 16 heavy (non-hydrogen) atoms. The number of nitrogens with zero attached hydrogens (tertiary/aromatic N) is 1. The van der Waals surface area contributed by atoms with E-state index in [2.05, 4.69) is 17.2 Å². The normalized spacial score (nSPS) is 10.3. The minimum atomic E-state index is -0.979. The number of rotatable bonds is 7. The van der Waals surface area contributed by atoms with Gasteiger partial charge in [0, 0.05) is 6.54 Å². The molecule has 0 radical (unpaired) electrons. The van der Waals surface area contributed by atoms with E-state index >= 15 is 0 Å². The Balaban J connectivity index is 2.36. The fourth-order valence-corrected chi connectivity index (χ4v) is 1.41. The van der Waals surface area contributed by atoms with Crippen LogP contribution >= 0.6 is 0 Å². The largest absolute Gasteiger partial charge is 0.477 e. The van der Waals surface area contributed by atoms with Gasteiger partial charge in [0.05, 0.1) is 5.69 Å². The quantitative estimate of drug-likeness (QED) is 0.693. The van der Waals surface area contributed by atoms with Crippen LogP contribution in [0.1, 0.15) is 42.4 Å². The van der Waals surface area contributed by atoms with Gasteiger partial charge >= 0.3 is 5.97 Å². The molecule has 0 amide bonds. The zero-order chi connectivity index (χ0) is 11.8. The maximum Gasteiger partial charge on any atom is 0.354 e. The first-order valence-electron chi connectivity index (χ1n) is 5.64. The number of unbranched alkanes of at least 4 members (excludes halogenated alkanes) is 2. The molecule has 0 aliphatic carbocycles. The number of hydrogen-bond donors (Lipinski definition) is 2. The van der Waals surface area contributed by atoms with Gasteiger partial charge in [0.1, 0.15) is 5.69 Å². The predicted molar refractivity (Wildman–Crippen MR) is 62.4 cm³/mol. The summed E-state index contributed by atoms with van der Waals surface area (Å²) >= 11 is 0. The van der Waals surface area contributed by atoms with Crippen molar-refractivity contribution in [1.29, 1.82) is 0 Å². The monoisotopic (exact) mass is 222 g/mol. The second-order valence-corrected chi connectivity index (χ2v) is 3.70. The Kier molecular flexibility index (Phi) is 5.50. The zero-order valence-corrected chi connectivity index (χ0v) is 9.57. The number of carboxylic acids is 1. The number of pyridine rings is 1. The first-order valence-corrected chi connectivity index (χ1v) is 5.64. The first-order chi connectivity index (χ1) is 7.74. The minimum Gasteiger partial charge on any atom is -0.477 e. The number of carboxylic acid groups (broad SMARTS) is 1. The van der Waals surface area contributed by atoms with Gasteiger partial charge in [-0.2, -0.15) is 0 Å². The highest BCUT2D eigenvalue weighted by Crippen LogP contribution is 1.99. The Labute approximate surface area is 95.7 Å². The predicted octanol–water partition coefficient (Wildman–Crippen LogP) is 2.06. The summed E-state index contributed by atoms with van der Waals surface area (Å²) in [4.78, 5) is 14.7. The van der Waals surface area contributed by atoms with Crippen LogP contribution in [0.25, 0.3) is 0 Å². The van der Waals surface area contributed by atoms with Crippen molar-refractivity contribution in [3.05, 3.63) is 29.6 Å². The second kappa shape index (κ2) is 6.95. The van der Waals surface area contributed by atoms with Crippen molar-refractivity contribution in [2.75, 3.05) is 6.54 Å². The second-order valence-electron chi connectivity index (χ2n) is 3.70. The van der Waals surface area contributed by atoms with Crippen LogP contribution in [-0.4, -0.2) is 22.6 Å². The zero-order valence-electron chi connectivity index (χ0n) is 9.57. The maximum atomic E-state index is 10.7. The highest BCUT2D eigenvalue weighted by molar-refractivity contribution is 5.85. The van der Waals surface area contributed by atoms with E-state index in [0.29, 0.717) is 6.54 Å². The Bertz CT molecular complexity index is 340. The topological polar surface area (TPSA) is 62.2 Å². The molecule has 1 aromatic heterocycles. The molecule has 1 aromatic rings. The fourth-order valence-electron chi connectivity index (χ4n) is 1.41. The molecule has 0 aliphatic rings. The SMILES string of the molecule is CCCCCNCc1cccc(C(=O)O)n1. The van der Waals surface area contributed by atoms with Crippen LogP contribution in [0.5, 0.6) is 0 Å². The molecule has 0 aromatic carbocycles. The van der Waals surface area contributed by atoms with Crippen molar-refractivity contribution < 1.29 is 9.90 Å². The van der Waals surface area contributed by atoms with Crippen molar-refractivity contribution in [3.63, 3.8) is 0 Å². The fraction of sp³-hybridized carbons (Fsp3) is 0.500. The lowest BCUT2D eigenvalue weighted by Crippen LogP contribution is -2.16. The van der Waals surface area contributed by atoms with Crippen LogP contribution in [0.3, 0.4) is 0 Å². The van der Waals surface area contributed by atoms with Gasteiger partial charge in [-0.1, -0.05) is 25.8 Å². The Morgan fingerprint density at radius 2 is 2.25 bits per heavy atom. The molecule has 1 rings (SSSR count). The van der Waals surface area contributed by atoms with E-state index in [1.54, 1.807) is 6.07 Å². The molecule has 0 atom stereocenters. The van der Waals surface area contributed by atoms with Gasteiger partial charge in [-0.25, -0.2) is 9.78 Å². The van der Waals surface area contributed by atoms with Gasteiger partial charge in [0.2, 0.25) is 0 Å². The Hall–Kier alpha value is -1.42. The van der Waals surface area contributed by atoms with Gasteiger partial charge in [0.15, 0.2) is 0 Å². The van der Waals surface area contributed by atoms with Gasteiger partial charge in [-0.3, -0.25) is 0 Å². The van der Waals surface area contributed by atoms with Crippen molar-refractivity contribution in [2.45, 2.75) is 32.7 Å². The number of carbonyl (C=O) groups is 1. The third-order valence-electron chi connectivity index (χ3n) is 2.29. The van der Waals surface area contributed by atoms with Gasteiger partial charge < -0.3 is 10.4 Å². The van der Waals surface area contributed by atoms with Crippen molar-refractivity contribution >= 4 is 5.97 Å². The molecule has 0 unspecified atom stereocenters. The molecule has 0 bridgehead atoms. The molecule has 4 heteroatoms. The molecule has 0 spiro atoms. The van der Waals surface area contributed by atoms with E-state index < -0.39 is 5.97 Å². The van der Waals surface area contributed by atoms with E-state index in [1.807, 2.05) is 6.07 Å². The average Bonchev–Trinajstić information content (AvgIpc) is 2.29. The number of nitrogens with one attached hydrogen (secondary N) is 1. The molecular formula is C12H18N2O2. The summed E-state index contributed by atoms with van der Waals surface area (Å²) in [5.74, 6) is -0.979. The summed E-state index contributed by atoms with van der Waals surface area (Å²) in [7, 11) is 0. The lowest BCUT2D eigenvalue weighted by Gasteiger charge is -2.04. The van der Waals surface area contributed by atoms with Crippen molar-refractivity contribution in [3.8, 4) is 0 Å². The number of aromatic carboxylic acids is 1. The third-order valence-corrected chi connectivity index (χ3v) is 2.29. The molecule has 1 heterocycles. The molecule has 0 saturated carbocycles. The third kappa shape index (κ3) is 4.40. The molecule has 2 N–H and O–H groups in total. The van der Waals surface area contributed by atoms with Crippen LogP contribution in [-0.2, 0) is 6.54 Å². The molecular weight excluding hydrogens is 204 g/mol. The van der Waals surface area contributed by atoms with Crippen LogP contribution in [0.4, 0.5) is 0 Å². The van der Waals surface area contributed by atoms with Crippen LogP contribution < -0.4 is 5.32 Å². The summed E-state index contributed by atoms with van der Waals surface area (Å²) in [6.07, 6.45) is 3.57. The standard InChI is InChI=1S/C12H18N2O2/c1-2-3-4-8-13-9-10-6-5-7-11(14-10)12(15)16/h5-7,13H,2-4,8-9H2,1H3,(H,15,16). The van der Waals surface area contributed by atoms with E-state index in [0.717, 1.165) is 18.7 Å². The van der Waals surface area contributed by atoms with E-state index in [4.69, 9.17) is 5.11 Å². The van der Waals surface area contributed by atoms with E-state index in [1.165, 1.54) is 18.9 Å². The van der Waals surface area contributed by atoms with Crippen molar-refractivity contribution in [1.82, 2.24) is 10.3 Å². The highest BCUT2D eigenvalue weighted by atomic mass is 16.4. The summed E-state index contributed by atoms with van der Waals surface area (Å²) in [5, 5.41) is 12.0. The molecule has 4 nitrogen and oxygen atoms in total. The number of aromatic nitrogens is 1. The lowest BCUT2D eigenvalue weighted by molar-refractivity contribution is 0.0690. The molecule has 0 aliphatic heterocycles. The molecule has 0 saturated heterocycles. The lowest BCUT2D eigenvalue weighted by atomic mass is 10.2. The smallest absolute Gasteiger partial charge is 0.354 e. The van der Waals surface area contributed by atoms with Crippen LogP contribution in [0.2, 0.25) is 0 Å². The van der Waals surface area contributed by atoms with Crippen molar-refractivity contribution in [2.24, 2.45) is 0 Å². The van der Waals surface area contributed by atoms with E-state index in [9.17, 15) is 4.79 Å². The van der Waals surface area contributed by atoms with Crippen LogP contribution in [0, 0.1) is 0 Å². The van der Waals surface area contributed by atoms with Gasteiger partial charge in [-0.15, -0.1) is 0 Å². The van der Waals surface area contributed by atoms with E-state index in [-0.39, 0.29) is 5.69 Å². The summed E-state index contributed by atoms with van der Waals surface area (Å²) in [6, 6.07) is 5.06. The Morgan fingerprint density at radius 3 is 2.94 bits per heavy atom. The van der Waals surface area contributed by atoms with Crippen LogP contribution in [0.15, 0.2) is 18.2 Å². The average molecular weight is 222 g/mol. The van der Waals surface area contributed by atoms with Gasteiger partial charge in [0.25, 0.3) is 0 Å². The Morgan fingerprint density at radius 1 is 1.44 bits per heavy atom. The molecule has 88 valence electrons.